The first kappa shape index (κ1) is 17.9. The molecule has 1 N–H and O–H groups in total. The van der Waals surface area contributed by atoms with E-state index in [4.69, 9.17) is 11.6 Å². The van der Waals surface area contributed by atoms with E-state index in [0.29, 0.717) is 0 Å². The number of likely N-dealkylation sites (tertiary alicyclic amines) is 1. The Morgan fingerprint density at radius 2 is 1.88 bits per heavy atom. The molecule has 1 fully saturated rings. The van der Waals surface area contributed by atoms with Crippen molar-refractivity contribution in [3.05, 3.63) is 57.0 Å². The average molecular weight is 368 g/mol. The molecule has 0 bridgehead atoms. The Balaban J connectivity index is 1.51. The second kappa shape index (κ2) is 7.52. The summed E-state index contributed by atoms with van der Waals surface area (Å²) < 4.78 is 13.7. The van der Waals surface area contributed by atoms with Gasteiger partial charge in [-0.15, -0.1) is 11.3 Å². The van der Waals surface area contributed by atoms with Crippen LogP contribution in [0.25, 0.3) is 0 Å². The van der Waals surface area contributed by atoms with Crippen molar-refractivity contribution in [1.29, 1.82) is 0 Å². The molecule has 0 saturated carbocycles. The van der Waals surface area contributed by atoms with Crippen LogP contribution in [0.1, 0.15) is 30.2 Å². The monoisotopic (exact) mass is 367 g/mol. The van der Waals surface area contributed by atoms with Gasteiger partial charge in [0.1, 0.15) is 5.82 Å². The van der Waals surface area contributed by atoms with Gasteiger partial charge in [-0.1, -0.05) is 23.7 Å². The van der Waals surface area contributed by atoms with Crippen LogP contribution < -0.4 is 0 Å². The zero-order valence-electron chi connectivity index (χ0n) is 13.8. The van der Waals surface area contributed by atoms with E-state index in [1.165, 1.54) is 29.0 Å². The van der Waals surface area contributed by atoms with Gasteiger partial charge in [-0.2, -0.15) is 0 Å². The van der Waals surface area contributed by atoms with Crippen molar-refractivity contribution < 1.29 is 9.50 Å². The lowest BCUT2D eigenvalue weighted by atomic mass is 9.80. The van der Waals surface area contributed by atoms with Crippen LogP contribution in [0.15, 0.2) is 36.4 Å². The predicted molar refractivity (Wildman–Crippen MR) is 98.2 cm³/mol. The fraction of sp³-hybridized carbons (Fsp3) is 0.474. The highest BCUT2D eigenvalue weighted by molar-refractivity contribution is 7.16. The summed E-state index contributed by atoms with van der Waals surface area (Å²) in [6, 6.07) is 10.5. The van der Waals surface area contributed by atoms with Gasteiger partial charge in [-0.05, 0) is 75.0 Å². The van der Waals surface area contributed by atoms with Gasteiger partial charge >= 0.3 is 0 Å². The first-order chi connectivity index (χ1) is 11.4. The molecule has 1 aliphatic rings. The Morgan fingerprint density at radius 3 is 2.46 bits per heavy atom. The standard InChI is InChI=1S/C19H23ClFNOS/c1-19(23,17-6-7-18(20)24-17)15-9-12-22(13-10-15)11-8-14-2-4-16(21)5-3-14/h2-7,15,23H,8-13H2,1H3. The molecule has 1 aromatic heterocycles. The molecule has 0 radical (unpaired) electrons. The number of piperidine rings is 1. The van der Waals surface area contributed by atoms with Gasteiger partial charge in [0.15, 0.2) is 0 Å². The number of rotatable bonds is 5. The summed E-state index contributed by atoms with van der Waals surface area (Å²) in [5, 5.41) is 10.9. The SMILES string of the molecule is CC(O)(c1ccc(Cl)s1)C1CCN(CCc2ccc(F)cc2)CC1. The Hall–Kier alpha value is -0.940. The summed E-state index contributed by atoms with van der Waals surface area (Å²) in [6.45, 7) is 4.86. The predicted octanol–water partition coefficient (Wildman–Crippen LogP) is 4.70. The van der Waals surface area contributed by atoms with Crippen molar-refractivity contribution >= 4 is 22.9 Å². The van der Waals surface area contributed by atoms with E-state index < -0.39 is 5.60 Å². The normalized spacial score (nSPS) is 19.3. The first-order valence-corrected chi connectivity index (χ1v) is 9.59. The van der Waals surface area contributed by atoms with Crippen LogP contribution in [0.5, 0.6) is 0 Å². The van der Waals surface area contributed by atoms with Gasteiger partial charge < -0.3 is 10.0 Å². The van der Waals surface area contributed by atoms with Crippen molar-refractivity contribution in [3.63, 3.8) is 0 Å². The number of aliphatic hydroxyl groups is 1. The quantitative estimate of drug-likeness (QED) is 0.827. The maximum atomic E-state index is 12.9. The smallest absolute Gasteiger partial charge is 0.123 e. The number of hydrogen-bond acceptors (Lipinski definition) is 3. The molecule has 130 valence electrons. The second-order valence-corrected chi connectivity index (χ2v) is 8.46. The van der Waals surface area contributed by atoms with Crippen molar-refractivity contribution in [2.45, 2.75) is 31.8 Å². The summed E-state index contributed by atoms with van der Waals surface area (Å²) in [6.07, 6.45) is 2.89. The highest BCUT2D eigenvalue weighted by atomic mass is 35.5. The van der Waals surface area contributed by atoms with Crippen molar-refractivity contribution in [2.75, 3.05) is 19.6 Å². The molecule has 0 spiro atoms. The summed E-state index contributed by atoms with van der Waals surface area (Å²) in [5.74, 6) is 0.0739. The van der Waals surface area contributed by atoms with E-state index in [1.807, 2.05) is 31.2 Å². The number of halogens is 2. The van der Waals surface area contributed by atoms with Gasteiger partial charge in [-0.3, -0.25) is 0 Å². The number of thiophene rings is 1. The lowest BCUT2D eigenvalue weighted by Gasteiger charge is -2.39. The molecule has 0 aliphatic carbocycles. The zero-order valence-corrected chi connectivity index (χ0v) is 15.4. The molecule has 2 nitrogen and oxygen atoms in total. The molecule has 1 atom stereocenters. The van der Waals surface area contributed by atoms with E-state index in [0.717, 1.165) is 48.1 Å². The van der Waals surface area contributed by atoms with Crippen molar-refractivity contribution in [1.82, 2.24) is 4.90 Å². The summed E-state index contributed by atoms with van der Waals surface area (Å²) >= 11 is 7.48. The van der Waals surface area contributed by atoms with Crippen LogP contribution in [0.2, 0.25) is 4.34 Å². The second-order valence-electron chi connectivity index (χ2n) is 6.74. The number of benzene rings is 1. The van der Waals surface area contributed by atoms with Gasteiger partial charge in [0.2, 0.25) is 0 Å². The average Bonchev–Trinajstić information content (AvgIpc) is 3.02. The van der Waals surface area contributed by atoms with Crippen LogP contribution in [-0.2, 0) is 12.0 Å². The van der Waals surface area contributed by atoms with Crippen LogP contribution in [0.4, 0.5) is 4.39 Å². The molecule has 2 aromatic rings. The van der Waals surface area contributed by atoms with Crippen LogP contribution in [-0.4, -0.2) is 29.6 Å². The fourth-order valence-corrected chi connectivity index (χ4v) is 4.61. The van der Waals surface area contributed by atoms with E-state index >= 15 is 0 Å². The van der Waals surface area contributed by atoms with Crippen LogP contribution >= 0.6 is 22.9 Å². The fourth-order valence-electron chi connectivity index (χ4n) is 3.44. The maximum absolute atomic E-state index is 12.9. The molecule has 1 aliphatic heterocycles. The first-order valence-electron chi connectivity index (χ1n) is 8.40. The van der Waals surface area contributed by atoms with E-state index in [2.05, 4.69) is 4.90 Å². The molecule has 3 rings (SSSR count). The zero-order chi connectivity index (χ0) is 17.2. The Kier molecular flexibility index (Phi) is 5.60. The third-order valence-electron chi connectivity index (χ3n) is 5.08. The third kappa shape index (κ3) is 4.17. The molecule has 1 aromatic carbocycles. The highest BCUT2D eigenvalue weighted by Crippen LogP contribution is 2.40. The Bertz CT molecular complexity index is 662. The summed E-state index contributed by atoms with van der Waals surface area (Å²) in [4.78, 5) is 3.38. The molecule has 24 heavy (non-hydrogen) atoms. The number of nitrogens with zero attached hydrogens (tertiary/aromatic N) is 1. The largest absolute Gasteiger partial charge is 0.384 e. The lowest BCUT2D eigenvalue weighted by molar-refractivity contribution is -0.0299. The molecular formula is C19H23ClFNOS. The lowest BCUT2D eigenvalue weighted by Crippen LogP contribution is -2.42. The van der Waals surface area contributed by atoms with Gasteiger partial charge in [-0.25, -0.2) is 4.39 Å². The van der Waals surface area contributed by atoms with E-state index in [1.54, 1.807) is 0 Å². The van der Waals surface area contributed by atoms with Gasteiger partial charge in [0, 0.05) is 11.4 Å². The summed E-state index contributed by atoms with van der Waals surface area (Å²) in [7, 11) is 0. The van der Waals surface area contributed by atoms with E-state index in [-0.39, 0.29) is 11.7 Å². The summed E-state index contributed by atoms with van der Waals surface area (Å²) in [5.41, 5.74) is 0.361. The highest BCUT2D eigenvalue weighted by Gasteiger charge is 2.36. The van der Waals surface area contributed by atoms with E-state index in [9.17, 15) is 9.50 Å². The van der Waals surface area contributed by atoms with Crippen molar-refractivity contribution in [2.24, 2.45) is 5.92 Å². The van der Waals surface area contributed by atoms with Crippen LogP contribution in [0, 0.1) is 11.7 Å². The maximum Gasteiger partial charge on any atom is 0.123 e. The molecule has 5 heteroatoms. The molecular weight excluding hydrogens is 345 g/mol. The minimum Gasteiger partial charge on any atom is -0.384 e. The molecule has 0 amide bonds. The third-order valence-corrected chi connectivity index (χ3v) is 6.54. The molecule has 1 unspecified atom stereocenters. The minimum absolute atomic E-state index is 0.185. The minimum atomic E-state index is -0.805. The number of hydrogen-bond donors (Lipinski definition) is 1. The Morgan fingerprint density at radius 1 is 1.21 bits per heavy atom. The molecule has 1 saturated heterocycles. The topological polar surface area (TPSA) is 23.5 Å². The van der Waals surface area contributed by atoms with Gasteiger partial charge in [0.05, 0.1) is 9.94 Å². The van der Waals surface area contributed by atoms with Crippen LogP contribution in [0.3, 0.4) is 0 Å². The van der Waals surface area contributed by atoms with Crippen molar-refractivity contribution in [3.8, 4) is 0 Å². The van der Waals surface area contributed by atoms with Gasteiger partial charge in [0.25, 0.3) is 0 Å². The Labute approximate surface area is 151 Å². The molecule has 2 heterocycles.